The molecule has 0 aliphatic heterocycles. The first kappa shape index (κ1) is 16.9. The topological polar surface area (TPSA) is 86.7 Å². The molecule has 0 heterocycles. The van der Waals surface area contributed by atoms with Gasteiger partial charge in [0.15, 0.2) is 0 Å². The summed E-state index contributed by atoms with van der Waals surface area (Å²) in [5.41, 5.74) is 0.434. The van der Waals surface area contributed by atoms with Crippen LogP contribution in [0, 0.1) is 0 Å². The molecule has 1 amide bonds. The lowest BCUT2D eigenvalue weighted by atomic mass is 9.93. The molecule has 0 aromatic heterocycles. The first-order valence-corrected chi connectivity index (χ1v) is 8.76. The van der Waals surface area contributed by atoms with Crippen LogP contribution in [0.3, 0.4) is 0 Å². The molecule has 6 nitrogen and oxygen atoms in total. The number of carbonyl (C=O) groups is 1. The van der Waals surface area contributed by atoms with E-state index in [4.69, 9.17) is 0 Å². The van der Waals surface area contributed by atoms with Gasteiger partial charge in [0, 0.05) is 25.7 Å². The monoisotopic (exact) mass is 326 g/mol. The normalized spacial score (nSPS) is 22.5. The highest BCUT2D eigenvalue weighted by Crippen LogP contribution is 2.19. The van der Waals surface area contributed by atoms with Crippen molar-refractivity contribution in [2.45, 2.75) is 42.7 Å². The van der Waals surface area contributed by atoms with E-state index in [1.807, 2.05) is 0 Å². The zero-order valence-corrected chi connectivity index (χ0v) is 13.6. The molecule has 0 unspecified atom stereocenters. The Balaban J connectivity index is 2.03. The SMILES string of the molecule is CN(C)S(=O)(=O)c1ccc(C(=O)NC2CCC(O)CC2)cc1. The van der Waals surface area contributed by atoms with Gasteiger partial charge in [-0.05, 0) is 49.9 Å². The number of aliphatic hydroxyl groups excluding tert-OH is 1. The summed E-state index contributed by atoms with van der Waals surface area (Å²) in [6.07, 6.45) is 2.67. The molecule has 0 saturated heterocycles. The number of nitrogens with zero attached hydrogens (tertiary/aromatic N) is 1. The average Bonchev–Trinajstić information content (AvgIpc) is 2.49. The van der Waals surface area contributed by atoms with E-state index in [1.165, 1.54) is 38.4 Å². The molecular formula is C15H22N2O4S. The number of aliphatic hydroxyl groups is 1. The Hall–Kier alpha value is -1.44. The minimum Gasteiger partial charge on any atom is -0.393 e. The second-order valence-corrected chi connectivity index (χ2v) is 7.94. The molecule has 2 rings (SSSR count). The van der Waals surface area contributed by atoms with E-state index in [2.05, 4.69) is 5.32 Å². The van der Waals surface area contributed by atoms with Crippen molar-refractivity contribution in [3.8, 4) is 0 Å². The summed E-state index contributed by atoms with van der Waals surface area (Å²) < 4.78 is 25.1. The minimum absolute atomic E-state index is 0.0704. The van der Waals surface area contributed by atoms with Gasteiger partial charge in [-0.3, -0.25) is 4.79 Å². The Morgan fingerprint density at radius 3 is 2.18 bits per heavy atom. The van der Waals surface area contributed by atoms with Gasteiger partial charge < -0.3 is 10.4 Å². The van der Waals surface area contributed by atoms with Crippen LogP contribution < -0.4 is 5.32 Å². The molecule has 1 aromatic rings. The summed E-state index contributed by atoms with van der Waals surface area (Å²) in [5, 5.41) is 12.4. The lowest BCUT2D eigenvalue weighted by Gasteiger charge is -2.26. The number of hydrogen-bond acceptors (Lipinski definition) is 4. The first-order valence-electron chi connectivity index (χ1n) is 7.32. The van der Waals surface area contributed by atoms with Gasteiger partial charge in [0.05, 0.1) is 11.0 Å². The molecule has 7 heteroatoms. The maximum Gasteiger partial charge on any atom is 0.251 e. The van der Waals surface area contributed by atoms with E-state index in [-0.39, 0.29) is 22.9 Å². The van der Waals surface area contributed by atoms with E-state index < -0.39 is 10.0 Å². The van der Waals surface area contributed by atoms with Crippen LogP contribution in [0.2, 0.25) is 0 Å². The van der Waals surface area contributed by atoms with Gasteiger partial charge in [-0.2, -0.15) is 0 Å². The van der Waals surface area contributed by atoms with E-state index >= 15 is 0 Å². The zero-order valence-electron chi connectivity index (χ0n) is 12.8. The standard InChI is InChI=1S/C15H22N2O4S/c1-17(2)22(20,21)14-9-3-11(4-10-14)15(19)16-12-5-7-13(18)8-6-12/h3-4,9-10,12-13,18H,5-8H2,1-2H3,(H,16,19). The molecular weight excluding hydrogens is 304 g/mol. The van der Waals surface area contributed by atoms with Crippen LogP contribution in [0.1, 0.15) is 36.0 Å². The van der Waals surface area contributed by atoms with Crippen molar-refractivity contribution in [3.05, 3.63) is 29.8 Å². The maximum atomic E-state index is 12.2. The van der Waals surface area contributed by atoms with E-state index in [1.54, 1.807) is 0 Å². The van der Waals surface area contributed by atoms with Crippen molar-refractivity contribution in [3.63, 3.8) is 0 Å². The largest absolute Gasteiger partial charge is 0.393 e. The minimum atomic E-state index is -3.48. The average molecular weight is 326 g/mol. The molecule has 22 heavy (non-hydrogen) atoms. The highest BCUT2D eigenvalue weighted by molar-refractivity contribution is 7.89. The number of benzene rings is 1. The van der Waals surface area contributed by atoms with Crippen LogP contribution in [0.15, 0.2) is 29.2 Å². The lowest BCUT2D eigenvalue weighted by molar-refractivity contribution is 0.0867. The van der Waals surface area contributed by atoms with Crippen LogP contribution >= 0.6 is 0 Å². The molecule has 122 valence electrons. The summed E-state index contributed by atoms with van der Waals surface area (Å²) in [7, 11) is -0.547. The van der Waals surface area contributed by atoms with Gasteiger partial charge in [-0.1, -0.05) is 0 Å². The predicted octanol–water partition coefficient (Wildman–Crippen LogP) is 0.970. The zero-order chi connectivity index (χ0) is 16.3. The van der Waals surface area contributed by atoms with Gasteiger partial charge in [0.1, 0.15) is 0 Å². The molecule has 1 aromatic carbocycles. The van der Waals surface area contributed by atoms with E-state index in [0.29, 0.717) is 18.4 Å². The Kier molecular flexibility index (Phi) is 5.20. The van der Waals surface area contributed by atoms with Crippen molar-refractivity contribution >= 4 is 15.9 Å². The highest BCUT2D eigenvalue weighted by atomic mass is 32.2. The third-order valence-electron chi connectivity index (χ3n) is 3.93. The quantitative estimate of drug-likeness (QED) is 0.863. The summed E-state index contributed by atoms with van der Waals surface area (Å²) in [5.74, 6) is -0.213. The van der Waals surface area contributed by atoms with Crippen molar-refractivity contribution in [1.82, 2.24) is 9.62 Å². The Labute approximate surface area is 131 Å². The molecule has 0 atom stereocenters. The summed E-state index contributed by atoms with van der Waals surface area (Å²) in [6.45, 7) is 0. The molecule has 1 aliphatic rings. The summed E-state index contributed by atoms with van der Waals surface area (Å²) in [4.78, 5) is 12.3. The number of hydrogen-bond donors (Lipinski definition) is 2. The second kappa shape index (κ2) is 6.76. The van der Waals surface area contributed by atoms with Gasteiger partial charge >= 0.3 is 0 Å². The van der Waals surface area contributed by atoms with Gasteiger partial charge in [-0.15, -0.1) is 0 Å². The smallest absolute Gasteiger partial charge is 0.251 e. The molecule has 0 bridgehead atoms. The number of nitrogens with one attached hydrogen (secondary N) is 1. The van der Waals surface area contributed by atoms with Crippen LogP contribution in [0.5, 0.6) is 0 Å². The van der Waals surface area contributed by atoms with Gasteiger partial charge in [0.25, 0.3) is 5.91 Å². The van der Waals surface area contributed by atoms with E-state index in [0.717, 1.165) is 17.1 Å². The molecule has 1 fully saturated rings. The lowest BCUT2D eigenvalue weighted by Crippen LogP contribution is -2.38. The second-order valence-electron chi connectivity index (χ2n) is 5.79. The van der Waals surface area contributed by atoms with Crippen molar-refractivity contribution in [2.24, 2.45) is 0 Å². The Morgan fingerprint density at radius 1 is 1.14 bits per heavy atom. The molecule has 0 spiro atoms. The third-order valence-corrected chi connectivity index (χ3v) is 5.76. The molecule has 2 N–H and O–H groups in total. The van der Waals surface area contributed by atoms with Crippen molar-refractivity contribution in [1.29, 1.82) is 0 Å². The fourth-order valence-electron chi connectivity index (χ4n) is 2.48. The van der Waals surface area contributed by atoms with Crippen LogP contribution in [0.25, 0.3) is 0 Å². The van der Waals surface area contributed by atoms with Crippen LogP contribution in [-0.2, 0) is 10.0 Å². The fraction of sp³-hybridized carbons (Fsp3) is 0.533. The number of rotatable bonds is 4. The van der Waals surface area contributed by atoms with Gasteiger partial charge in [-0.25, -0.2) is 12.7 Å². The van der Waals surface area contributed by atoms with Crippen molar-refractivity contribution in [2.75, 3.05) is 14.1 Å². The predicted molar refractivity (Wildman–Crippen MR) is 83.0 cm³/mol. The number of sulfonamides is 1. The Bertz CT molecular complexity index is 617. The van der Waals surface area contributed by atoms with Crippen LogP contribution in [0.4, 0.5) is 0 Å². The maximum absolute atomic E-state index is 12.2. The molecule has 1 aliphatic carbocycles. The highest BCUT2D eigenvalue weighted by Gasteiger charge is 2.22. The van der Waals surface area contributed by atoms with E-state index in [9.17, 15) is 18.3 Å². The number of amides is 1. The fourth-order valence-corrected chi connectivity index (χ4v) is 3.38. The molecule has 0 radical (unpaired) electrons. The summed E-state index contributed by atoms with van der Waals surface area (Å²) >= 11 is 0. The Morgan fingerprint density at radius 2 is 1.68 bits per heavy atom. The molecule has 1 saturated carbocycles. The third kappa shape index (κ3) is 3.85. The van der Waals surface area contributed by atoms with Gasteiger partial charge in [0.2, 0.25) is 10.0 Å². The number of carbonyl (C=O) groups excluding carboxylic acids is 1. The summed E-state index contributed by atoms with van der Waals surface area (Å²) in [6, 6.07) is 5.98. The first-order chi connectivity index (χ1) is 10.3. The van der Waals surface area contributed by atoms with Crippen molar-refractivity contribution < 1.29 is 18.3 Å². The van der Waals surface area contributed by atoms with Crippen LogP contribution in [-0.4, -0.2) is 50.0 Å².